The Balaban J connectivity index is 2.29. The molecule has 2 amide bonds. The first-order valence-corrected chi connectivity index (χ1v) is 11.1. The van der Waals surface area contributed by atoms with Crippen molar-refractivity contribution < 1.29 is 32.6 Å². The highest BCUT2D eigenvalue weighted by molar-refractivity contribution is 7.88. The number of rotatable bonds is 4. The van der Waals surface area contributed by atoms with Crippen molar-refractivity contribution in [3.05, 3.63) is 33.8 Å². The second-order valence-corrected chi connectivity index (χ2v) is 9.79. The highest BCUT2D eigenvalue weighted by Crippen LogP contribution is 2.30. The fourth-order valence-corrected chi connectivity index (χ4v) is 3.98. The van der Waals surface area contributed by atoms with Crippen LogP contribution in [0.4, 0.5) is 9.59 Å². The smallest absolute Gasteiger partial charge is 0.422 e. The monoisotopic (exact) mass is 483 g/mol. The normalized spacial score (nSPS) is 20.4. The van der Waals surface area contributed by atoms with Gasteiger partial charge in [-0.05, 0) is 38.5 Å². The third kappa shape index (κ3) is 7.17. The number of hydrogen-bond acceptors (Lipinski definition) is 6. The molecule has 0 saturated carbocycles. The van der Waals surface area contributed by atoms with Gasteiger partial charge in [-0.2, -0.15) is 13.1 Å². The quantitative estimate of drug-likeness (QED) is 0.598. The van der Waals surface area contributed by atoms with Crippen molar-refractivity contribution in [1.82, 2.24) is 14.3 Å². The van der Waals surface area contributed by atoms with Gasteiger partial charge in [0.05, 0.1) is 22.7 Å². The zero-order chi connectivity index (χ0) is 22.7. The zero-order valence-electron chi connectivity index (χ0n) is 16.5. The van der Waals surface area contributed by atoms with Crippen LogP contribution in [0.1, 0.15) is 32.4 Å². The SMILES string of the molecule is CC(C)(C)OC(=O)NS(=O)(=O)NC1CN(C(=O)O)CCOC1c1ccc(Cl)c(Cl)c1. The van der Waals surface area contributed by atoms with Crippen molar-refractivity contribution in [1.29, 1.82) is 0 Å². The van der Waals surface area contributed by atoms with E-state index in [0.29, 0.717) is 10.6 Å². The minimum atomic E-state index is -4.41. The number of carbonyl (C=O) groups excluding carboxylic acids is 1. The maximum absolute atomic E-state index is 12.5. The summed E-state index contributed by atoms with van der Waals surface area (Å²) in [5, 5.41) is 9.88. The van der Waals surface area contributed by atoms with E-state index in [1.54, 1.807) is 31.6 Å². The number of carboxylic acid groups (broad SMARTS) is 1. The third-order valence-corrected chi connectivity index (χ3v) is 5.69. The van der Waals surface area contributed by atoms with Gasteiger partial charge in [-0.3, -0.25) is 0 Å². The lowest BCUT2D eigenvalue weighted by Crippen LogP contribution is -2.52. The third-order valence-electron chi connectivity index (χ3n) is 3.91. The average Bonchev–Trinajstić information content (AvgIpc) is 2.77. The number of hydrogen-bond donors (Lipinski definition) is 3. The van der Waals surface area contributed by atoms with Crippen LogP contribution in [-0.4, -0.2) is 62.0 Å². The van der Waals surface area contributed by atoms with Gasteiger partial charge in [-0.25, -0.2) is 14.3 Å². The van der Waals surface area contributed by atoms with E-state index in [4.69, 9.17) is 32.7 Å². The zero-order valence-corrected chi connectivity index (χ0v) is 18.8. The summed E-state index contributed by atoms with van der Waals surface area (Å²) in [6.07, 6.45) is -3.30. The molecule has 1 heterocycles. The van der Waals surface area contributed by atoms with Gasteiger partial charge in [0.15, 0.2) is 0 Å². The van der Waals surface area contributed by atoms with Crippen LogP contribution >= 0.6 is 23.2 Å². The largest absolute Gasteiger partial charge is 0.465 e. The van der Waals surface area contributed by atoms with E-state index in [0.717, 1.165) is 4.90 Å². The van der Waals surface area contributed by atoms with Crippen molar-refractivity contribution in [2.45, 2.75) is 38.5 Å². The molecule has 1 fully saturated rings. The van der Waals surface area contributed by atoms with Gasteiger partial charge in [0.2, 0.25) is 0 Å². The average molecular weight is 484 g/mol. The Morgan fingerprint density at radius 3 is 2.50 bits per heavy atom. The number of amides is 2. The van der Waals surface area contributed by atoms with Crippen molar-refractivity contribution >= 4 is 45.6 Å². The van der Waals surface area contributed by atoms with Crippen LogP contribution in [0, 0.1) is 0 Å². The number of carbonyl (C=O) groups is 2. The van der Waals surface area contributed by atoms with Crippen LogP contribution in [0.5, 0.6) is 0 Å². The van der Waals surface area contributed by atoms with Crippen molar-refractivity contribution in [3.8, 4) is 0 Å². The molecule has 168 valence electrons. The molecule has 1 aliphatic heterocycles. The molecule has 0 radical (unpaired) electrons. The van der Waals surface area contributed by atoms with Crippen LogP contribution in [0.2, 0.25) is 10.0 Å². The Hall–Kier alpha value is -1.79. The van der Waals surface area contributed by atoms with Gasteiger partial charge in [-0.1, -0.05) is 29.3 Å². The standard InChI is InChI=1S/C17H23Cl2N3O7S/c1-17(2,3)29-15(23)21-30(26,27)20-13-9-22(16(24)25)6-7-28-14(13)10-4-5-11(18)12(19)8-10/h4-5,8,13-14,20H,6-7,9H2,1-3H3,(H,21,23)(H,24,25). The molecule has 10 nitrogen and oxygen atoms in total. The van der Waals surface area contributed by atoms with E-state index < -0.39 is 40.1 Å². The summed E-state index contributed by atoms with van der Waals surface area (Å²) in [4.78, 5) is 24.3. The van der Waals surface area contributed by atoms with Gasteiger partial charge in [0.1, 0.15) is 11.7 Å². The minimum absolute atomic E-state index is 0.0228. The van der Waals surface area contributed by atoms with Gasteiger partial charge in [-0.15, -0.1) is 0 Å². The predicted molar refractivity (Wildman–Crippen MR) is 110 cm³/mol. The predicted octanol–water partition coefficient (Wildman–Crippen LogP) is 2.77. The Bertz CT molecular complexity index is 905. The van der Waals surface area contributed by atoms with Gasteiger partial charge in [0, 0.05) is 13.1 Å². The Morgan fingerprint density at radius 2 is 1.93 bits per heavy atom. The second-order valence-electron chi connectivity index (χ2n) is 7.53. The molecular formula is C17H23Cl2N3O7S. The Morgan fingerprint density at radius 1 is 1.27 bits per heavy atom. The first-order chi connectivity index (χ1) is 13.8. The summed E-state index contributed by atoms with van der Waals surface area (Å²) in [5.74, 6) is 0. The number of benzene rings is 1. The molecular weight excluding hydrogens is 461 g/mol. The molecule has 0 aromatic heterocycles. The highest BCUT2D eigenvalue weighted by Gasteiger charge is 2.35. The van der Waals surface area contributed by atoms with Gasteiger partial charge in [0.25, 0.3) is 0 Å². The fourth-order valence-electron chi connectivity index (χ4n) is 2.76. The first-order valence-electron chi connectivity index (χ1n) is 8.85. The molecule has 13 heteroatoms. The maximum atomic E-state index is 12.5. The lowest BCUT2D eigenvalue weighted by molar-refractivity contribution is 0.0477. The first kappa shape index (κ1) is 24.5. The lowest BCUT2D eigenvalue weighted by atomic mass is 10.0. The molecule has 2 unspecified atom stereocenters. The van der Waals surface area contributed by atoms with Crippen molar-refractivity contribution in [3.63, 3.8) is 0 Å². The number of nitrogens with one attached hydrogen (secondary N) is 2. The molecule has 2 rings (SSSR count). The molecule has 0 spiro atoms. The topological polar surface area (TPSA) is 134 Å². The fraction of sp³-hybridized carbons (Fsp3) is 0.529. The van der Waals surface area contributed by atoms with Crippen LogP contribution in [0.25, 0.3) is 0 Å². The molecule has 30 heavy (non-hydrogen) atoms. The van der Waals surface area contributed by atoms with E-state index in [1.165, 1.54) is 12.1 Å². The summed E-state index contributed by atoms with van der Waals surface area (Å²) >= 11 is 12.0. The molecule has 1 aromatic carbocycles. The van der Waals surface area contributed by atoms with Crippen LogP contribution in [0.15, 0.2) is 18.2 Å². The molecule has 0 aliphatic carbocycles. The molecule has 1 aliphatic rings. The summed E-state index contributed by atoms with van der Waals surface area (Å²) in [5.41, 5.74) is -0.421. The van der Waals surface area contributed by atoms with E-state index in [9.17, 15) is 23.1 Å². The maximum Gasteiger partial charge on any atom is 0.422 e. The molecule has 2 atom stereocenters. The van der Waals surface area contributed by atoms with Crippen molar-refractivity contribution in [2.75, 3.05) is 19.7 Å². The van der Waals surface area contributed by atoms with E-state index >= 15 is 0 Å². The number of ether oxygens (including phenoxy) is 2. The summed E-state index contributed by atoms with van der Waals surface area (Å²) < 4.78 is 39.7. The van der Waals surface area contributed by atoms with Gasteiger partial charge < -0.3 is 19.5 Å². The van der Waals surface area contributed by atoms with Crippen molar-refractivity contribution in [2.24, 2.45) is 0 Å². The number of nitrogens with zero attached hydrogens (tertiary/aromatic N) is 1. The summed E-state index contributed by atoms with van der Waals surface area (Å²) in [6.45, 7) is 4.57. The van der Waals surface area contributed by atoms with Crippen LogP contribution in [0.3, 0.4) is 0 Å². The lowest BCUT2D eigenvalue weighted by Gasteiger charge is -2.28. The number of halogens is 2. The molecule has 1 saturated heterocycles. The molecule has 3 N–H and O–H groups in total. The minimum Gasteiger partial charge on any atom is -0.465 e. The Kier molecular flexibility index (Phi) is 7.80. The highest BCUT2D eigenvalue weighted by atomic mass is 35.5. The van der Waals surface area contributed by atoms with E-state index in [1.807, 2.05) is 0 Å². The summed E-state index contributed by atoms with van der Waals surface area (Å²) in [7, 11) is -4.41. The molecule has 1 aromatic rings. The molecule has 0 bridgehead atoms. The second kappa shape index (κ2) is 9.56. The Labute approximate surface area is 184 Å². The van der Waals surface area contributed by atoms with Gasteiger partial charge >= 0.3 is 22.4 Å². The van der Waals surface area contributed by atoms with Crippen LogP contribution in [-0.2, 0) is 19.7 Å². The van der Waals surface area contributed by atoms with E-state index in [2.05, 4.69) is 4.72 Å². The summed E-state index contributed by atoms with van der Waals surface area (Å²) in [6, 6.07) is 3.55. The van der Waals surface area contributed by atoms with Crippen LogP contribution < -0.4 is 9.44 Å². The van der Waals surface area contributed by atoms with E-state index in [-0.39, 0.29) is 24.7 Å².